The SMILES string of the molecule is CC[C@H]1[C@@H](O)[C@@H]2[C@H](CC[C@]3(C)[C@@H](CCCOC(=O)NCCCC(=O)OC)CC[C@@H]23)[C@@]2(C)CC[C@@H](O)C[C@@H]12. The molecule has 4 saturated carbocycles. The summed E-state index contributed by atoms with van der Waals surface area (Å²) in [5.41, 5.74) is 0.481. The average molecular weight is 522 g/mol. The van der Waals surface area contributed by atoms with Gasteiger partial charge in [0.25, 0.3) is 0 Å². The second-order valence-corrected chi connectivity index (χ2v) is 13.1. The number of carbonyl (C=O) groups excluding carboxylic acids is 2. The average Bonchev–Trinajstić information content (AvgIpc) is 3.21. The van der Waals surface area contributed by atoms with Crippen molar-refractivity contribution in [1.82, 2.24) is 5.32 Å². The zero-order valence-corrected chi connectivity index (χ0v) is 23.5. The molecule has 0 aromatic rings. The molecule has 4 aliphatic rings. The van der Waals surface area contributed by atoms with Crippen molar-refractivity contribution in [2.24, 2.45) is 46.3 Å². The van der Waals surface area contributed by atoms with Gasteiger partial charge in [-0.2, -0.15) is 0 Å². The van der Waals surface area contributed by atoms with Crippen molar-refractivity contribution in [2.45, 2.75) is 110 Å². The molecule has 0 spiro atoms. The molecule has 0 aromatic heterocycles. The first-order valence-corrected chi connectivity index (χ1v) is 15.0. The zero-order chi connectivity index (χ0) is 26.8. The molecule has 0 aliphatic heterocycles. The van der Waals surface area contributed by atoms with E-state index in [1.165, 1.54) is 32.8 Å². The number of ether oxygens (including phenoxy) is 2. The molecule has 4 fully saturated rings. The Morgan fingerprint density at radius 1 is 0.973 bits per heavy atom. The second-order valence-electron chi connectivity index (χ2n) is 13.1. The highest BCUT2D eigenvalue weighted by Gasteiger charge is 2.64. The summed E-state index contributed by atoms with van der Waals surface area (Å²) in [7, 11) is 1.36. The van der Waals surface area contributed by atoms with Crippen LogP contribution in [0.5, 0.6) is 0 Å². The van der Waals surface area contributed by atoms with Crippen molar-refractivity contribution in [3.8, 4) is 0 Å². The summed E-state index contributed by atoms with van der Waals surface area (Å²) in [5, 5.41) is 25.0. The molecule has 0 radical (unpaired) electrons. The smallest absolute Gasteiger partial charge is 0.407 e. The van der Waals surface area contributed by atoms with Crippen LogP contribution in [0, 0.1) is 46.3 Å². The first-order valence-electron chi connectivity index (χ1n) is 15.0. The number of fused-ring (bicyclic) bond motifs is 5. The standard InChI is InChI=1S/C30H51NO6/c1-5-21-24-18-20(32)12-14-30(24,3)23-13-15-29(2)19(10-11-22(29)26(23)27(21)34)8-7-17-37-28(35)31-16-6-9-25(33)36-4/h19-24,26-27,32,34H,5-18H2,1-4H3,(H,31,35)/t19-,20+,21+,22-,23-,24-,26-,27+,29+,30+/m0/s1. The third-order valence-corrected chi connectivity index (χ3v) is 11.6. The molecule has 3 N–H and O–H groups in total. The number of alkyl carbamates (subject to hydrolysis) is 1. The van der Waals surface area contributed by atoms with Crippen molar-refractivity contribution >= 4 is 12.1 Å². The van der Waals surface area contributed by atoms with Gasteiger partial charge < -0.3 is 25.0 Å². The van der Waals surface area contributed by atoms with E-state index in [1.54, 1.807) is 0 Å². The zero-order valence-electron chi connectivity index (χ0n) is 23.5. The predicted molar refractivity (Wildman–Crippen MR) is 142 cm³/mol. The summed E-state index contributed by atoms with van der Waals surface area (Å²) in [5.74, 6) is 2.55. The fourth-order valence-corrected chi connectivity index (χ4v) is 9.61. The number of nitrogens with one attached hydrogen (secondary N) is 1. The normalized spacial score (nSPS) is 42.8. The van der Waals surface area contributed by atoms with Crippen molar-refractivity contribution in [2.75, 3.05) is 20.3 Å². The van der Waals surface area contributed by atoms with Gasteiger partial charge in [-0.3, -0.25) is 4.79 Å². The van der Waals surface area contributed by atoms with Gasteiger partial charge in [0.15, 0.2) is 0 Å². The Hall–Kier alpha value is -1.34. The third kappa shape index (κ3) is 5.54. The van der Waals surface area contributed by atoms with Gasteiger partial charge in [-0.1, -0.05) is 27.2 Å². The third-order valence-electron chi connectivity index (χ3n) is 11.6. The van der Waals surface area contributed by atoms with Gasteiger partial charge in [0, 0.05) is 13.0 Å². The van der Waals surface area contributed by atoms with Gasteiger partial charge in [-0.05, 0) is 111 Å². The molecule has 0 bridgehead atoms. The molecule has 212 valence electrons. The van der Waals surface area contributed by atoms with E-state index in [-0.39, 0.29) is 35.4 Å². The Morgan fingerprint density at radius 2 is 1.70 bits per heavy atom. The molecule has 1 amide bonds. The number of esters is 1. The van der Waals surface area contributed by atoms with Crippen LogP contribution in [0.25, 0.3) is 0 Å². The van der Waals surface area contributed by atoms with E-state index in [0.717, 1.165) is 38.5 Å². The highest BCUT2D eigenvalue weighted by Crippen LogP contribution is 2.69. The van der Waals surface area contributed by atoms with E-state index in [9.17, 15) is 19.8 Å². The van der Waals surface area contributed by atoms with Crippen LogP contribution in [-0.2, 0) is 14.3 Å². The number of amides is 1. The van der Waals surface area contributed by atoms with E-state index in [2.05, 4.69) is 30.8 Å². The van der Waals surface area contributed by atoms with Crippen molar-refractivity contribution < 1.29 is 29.3 Å². The number of hydrogen-bond donors (Lipinski definition) is 3. The lowest BCUT2D eigenvalue weighted by molar-refractivity contribution is -0.202. The van der Waals surface area contributed by atoms with Crippen LogP contribution in [0.1, 0.15) is 97.8 Å². The van der Waals surface area contributed by atoms with Crippen molar-refractivity contribution in [3.63, 3.8) is 0 Å². The van der Waals surface area contributed by atoms with Gasteiger partial charge >= 0.3 is 12.1 Å². The molecule has 7 heteroatoms. The quantitative estimate of drug-likeness (QED) is 0.289. The molecule has 0 heterocycles. The van der Waals surface area contributed by atoms with E-state index in [0.29, 0.717) is 55.1 Å². The number of aliphatic hydroxyl groups is 2. The van der Waals surface area contributed by atoms with E-state index in [4.69, 9.17) is 4.74 Å². The van der Waals surface area contributed by atoms with Crippen molar-refractivity contribution in [3.05, 3.63) is 0 Å². The lowest BCUT2D eigenvalue weighted by atomic mass is 9.41. The van der Waals surface area contributed by atoms with Gasteiger partial charge in [-0.25, -0.2) is 4.79 Å². The summed E-state index contributed by atoms with van der Waals surface area (Å²) in [6.45, 7) is 8.01. The van der Waals surface area contributed by atoms with Crippen LogP contribution >= 0.6 is 0 Å². The fraction of sp³-hybridized carbons (Fsp3) is 0.933. The topological polar surface area (TPSA) is 105 Å². The number of hydrogen-bond acceptors (Lipinski definition) is 6. The van der Waals surface area contributed by atoms with Crippen molar-refractivity contribution in [1.29, 1.82) is 0 Å². The maximum Gasteiger partial charge on any atom is 0.407 e. The minimum absolute atomic E-state index is 0.204. The second kappa shape index (κ2) is 11.8. The van der Waals surface area contributed by atoms with Crippen LogP contribution in [0.15, 0.2) is 0 Å². The van der Waals surface area contributed by atoms with Gasteiger partial charge in [0.05, 0.1) is 25.9 Å². The van der Waals surface area contributed by atoms with Crippen LogP contribution in [0.4, 0.5) is 4.79 Å². The molecule has 7 nitrogen and oxygen atoms in total. The number of rotatable bonds is 9. The Labute approximate surface area is 223 Å². The van der Waals surface area contributed by atoms with Gasteiger partial charge in [0.1, 0.15) is 0 Å². The highest BCUT2D eigenvalue weighted by atomic mass is 16.5. The molecule has 4 rings (SSSR count). The minimum Gasteiger partial charge on any atom is -0.469 e. The first-order chi connectivity index (χ1) is 17.7. The summed E-state index contributed by atoms with van der Waals surface area (Å²) in [6, 6.07) is 0. The van der Waals surface area contributed by atoms with Crippen LogP contribution in [0.2, 0.25) is 0 Å². The molecular weight excluding hydrogens is 470 g/mol. The fourth-order valence-electron chi connectivity index (χ4n) is 9.61. The summed E-state index contributed by atoms with van der Waals surface area (Å²) >= 11 is 0. The maximum atomic E-state index is 12.0. The summed E-state index contributed by atoms with van der Waals surface area (Å²) in [6.07, 6.45) is 10.5. The molecule has 0 unspecified atom stereocenters. The largest absolute Gasteiger partial charge is 0.469 e. The predicted octanol–water partition coefficient (Wildman–Crippen LogP) is 5.07. The van der Waals surface area contributed by atoms with E-state index in [1.807, 2.05) is 0 Å². The first kappa shape index (κ1) is 28.7. The highest BCUT2D eigenvalue weighted by molar-refractivity contribution is 5.69. The van der Waals surface area contributed by atoms with E-state index >= 15 is 0 Å². The number of carbonyl (C=O) groups is 2. The maximum absolute atomic E-state index is 12.0. The lowest BCUT2D eigenvalue weighted by Gasteiger charge is -2.64. The van der Waals surface area contributed by atoms with Crippen LogP contribution in [-0.4, -0.2) is 54.7 Å². The monoisotopic (exact) mass is 521 g/mol. The number of aliphatic hydroxyl groups excluding tert-OH is 2. The Morgan fingerprint density at radius 3 is 2.43 bits per heavy atom. The lowest BCUT2D eigenvalue weighted by Crippen LogP contribution is -2.62. The minimum atomic E-state index is -0.419. The molecule has 10 atom stereocenters. The molecule has 37 heavy (non-hydrogen) atoms. The summed E-state index contributed by atoms with van der Waals surface area (Å²) in [4.78, 5) is 23.1. The molecule has 0 aromatic carbocycles. The van der Waals surface area contributed by atoms with E-state index < -0.39 is 6.09 Å². The molecule has 0 saturated heterocycles. The Bertz CT molecular complexity index is 805. The Kier molecular flexibility index (Phi) is 9.15. The Balaban J connectivity index is 1.31. The summed E-state index contributed by atoms with van der Waals surface area (Å²) < 4.78 is 9.99. The molecular formula is C30H51NO6. The van der Waals surface area contributed by atoms with Gasteiger partial charge in [-0.15, -0.1) is 0 Å². The number of methoxy groups -OCH3 is 1. The van der Waals surface area contributed by atoms with Crippen LogP contribution in [0.3, 0.4) is 0 Å². The van der Waals surface area contributed by atoms with Crippen LogP contribution < -0.4 is 5.32 Å². The molecule has 4 aliphatic carbocycles. The van der Waals surface area contributed by atoms with Gasteiger partial charge in [0.2, 0.25) is 0 Å².